The third-order valence-corrected chi connectivity index (χ3v) is 6.59. The first kappa shape index (κ1) is 24.6. The molecule has 190 valence electrons. The second-order valence-corrected chi connectivity index (χ2v) is 9.13. The number of benzene rings is 3. The Morgan fingerprint density at radius 2 is 1.95 bits per heavy atom. The predicted molar refractivity (Wildman–Crippen MR) is 134 cm³/mol. The third kappa shape index (κ3) is 4.95. The Labute approximate surface area is 216 Å². The molecule has 0 saturated carbocycles. The molecule has 0 aliphatic carbocycles. The van der Waals surface area contributed by atoms with Crippen LogP contribution in [0.25, 0.3) is 10.9 Å². The minimum atomic E-state index is -1.15. The standard InChI is InChI=1S/C27H23ClFN3O5/c1-31-23-5-3-2-4-20(23)22(30-31)14-37-27(35)32-11-10-16-12-18(29)7-8-19(16)26(32)21-13-17(28)6-9-24(21)36-15-25(33)34/h2-9,12-13,26H,10-11,14-15H2,1H3,(H,33,34)/t26-/m0/s1. The van der Waals surface area contributed by atoms with Gasteiger partial charge in [0.1, 0.15) is 23.9 Å². The summed E-state index contributed by atoms with van der Waals surface area (Å²) in [7, 11) is 1.82. The van der Waals surface area contributed by atoms with Crippen LogP contribution in [0.1, 0.15) is 28.4 Å². The topological polar surface area (TPSA) is 93.9 Å². The third-order valence-electron chi connectivity index (χ3n) is 6.35. The van der Waals surface area contributed by atoms with Crippen molar-refractivity contribution < 1.29 is 28.6 Å². The number of amides is 1. The van der Waals surface area contributed by atoms with E-state index in [4.69, 9.17) is 26.2 Å². The number of aromatic nitrogens is 2. The van der Waals surface area contributed by atoms with Crippen molar-refractivity contribution in [3.05, 3.63) is 93.9 Å². The van der Waals surface area contributed by atoms with Crippen LogP contribution < -0.4 is 4.74 Å². The summed E-state index contributed by atoms with van der Waals surface area (Å²) < 4.78 is 27.0. The smallest absolute Gasteiger partial charge is 0.410 e. The van der Waals surface area contributed by atoms with Crippen molar-refractivity contribution >= 4 is 34.6 Å². The molecule has 5 rings (SSSR count). The molecule has 0 fully saturated rings. The molecule has 1 atom stereocenters. The molecule has 1 aliphatic heterocycles. The molecule has 1 aliphatic rings. The van der Waals surface area contributed by atoms with Crippen LogP contribution in [0.3, 0.4) is 0 Å². The number of carboxylic acid groups (broad SMARTS) is 1. The van der Waals surface area contributed by atoms with Crippen molar-refractivity contribution in [2.45, 2.75) is 19.1 Å². The summed E-state index contributed by atoms with van der Waals surface area (Å²) in [6, 6.07) is 16.0. The normalized spacial score (nSPS) is 14.9. The molecule has 37 heavy (non-hydrogen) atoms. The summed E-state index contributed by atoms with van der Waals surface area (Å²) in [4.78, 5) is 26.1. The number of aliphatic carboxylic acids is 1. The molecule has 2 heterocycles. The number of rotatable bonds is 6. The number of carboxylic acids is 1. The second-order valence-electron chi connectivity index (χ2n) is 8.70. The Balaban J connectivity index is 1.50. The number of halogens is 2. The number of aryl methyl sites for hydroxylation is 1. The molecule has 0 saturated heterocycles. The monoisotopic (exact) mass is 523 g/mol. The van der Waals surface area contributed by atoms with Gasteiger partial charge in [0.2, 0.25) is 0 Å². The molecule has 0 unspecified atom stereocenters. The quantitative estimate of drug-likeness (QED) is 0.377. The fraction of sp³-hybridized carbons (Fsp3) is 0.222. The molecule has 1 aromatic heterocycles. The fourth-order valence-electron chi connectivity index (χ4n) is 4.74. The average molecular weight is 524 g/mol. The van der Waals surface area contributed by atoms with Crippen LogP contribution in [0.5, 0.6) is 5.75 Å². The lowest BCUT2D eigenvalue weighted by Gasteiger charge is -2.37. The number of ether oxygens (including phenoxy) is 2. The zero-order chi connectivity index (χ0) is 26.1. The van der Waals surface area contributed by atoms with Crippen LogP contribution >= 0.6 is 11.6 Å². The molecule has 0 bridgehead atoms. The number of fused-ring (bicyclic) bond motifs is 2. The number of carbonyl (C=O) groups is 2. The first-order chi connectivity index (χ1) is 17.8. The molecule has 1 N–H and O–H groups in total. The maximum Gasteiger partial charge on any atom is 0.410 e. The molecular formula is C27H23ClFN3O5. The van der Waals surface area contributed by atoms with Gasteiger partial charge in [-0.05, 0) is 53.9 Å². The molecule has 10 heteroatoms. The van der Waals surface area contributed by atoms with Crippen molar-refractivity contribution in [3.8, 4) is 5.75 Å². The van der Waals surface area contributed by atoms with Gasteiger partial charge in [-0.15, -0.1) is 0 Å². The van der Waals surface area contributed by atoms with Gasteiger partial charge in [0.15, 0.2) is 6.61 Å². The van der Waals surface area contributed by atoms with Crippen LogP contribution in [-0.4, -0.2) is 45.0 Å². The average Bonchev–Trinajstić information content (AvgIpc) is 3.21. The van der Waals surface area contributed by atoms with Crippen LogP contribution in [0, 0.1) is 5.82 Å². The summed E-state index contributed by atoms with van der Waals surface area (Å²) in [6.45, 7) is -0.375. The van der Waals surface area contributed by atoms with E-state index in [1.807, 2.05) is 31.3 Å². The molecule has 4 aromatic rings. The van der Waals surface area contributed by atoms with Crippen molar-refractivity contribution in [2.75, 3.05) is 13.2 Å². The van der Waals surface area contributed by atoms with Gasteiger partial charge in [-0.3, -0.25) is 9.58 Å². The number of hydrogen-bond donors (Lipinski definition) is 1. The van der Waals surface area contributed by atoms with E-state index in [2.05, 4.69) is 5.10 Å². The van der Waals surface area contributed by atoms with Gasteiger partial charge in [0, 0.05) is 29.6 Å². The minimum absolute atomic E-state index is 0.0440. The van der Waals surface area contributed by atoms with Crippen molar-refractivity contribution in [1.29, 1.82) is 0 Å². The van der Waals surface area contributed by atoms with Gasteiger partial charge >= 0.3 is 12.1 Å². The van der Waals surface area contributed by atoms with E-state index in [0.29, 0.717) is 28.3 Å². The van der Waals surface area contributed by atoms with Gasteiger partial charge in [0.05, 0.1) is 11.6 Å². The first-order valence-corrected chi connectivity index (χ1v) is 12.0. The van der Waals surface area contributed by atoms with Gasteiger partial charge in [0.25, 0.3) is 0 Å². The van der Waals surface area contributed by atoms with E-state index >= 15 is 0 Å². The number of hydrogen-bond acceptors (Lipinski definition) is 5. The lowest BCUT2D eigenvalue weighted by molar-refractivity contribution is -0.139. The molecule has 3 aromatic carbocycles. The molecule has 8 nitrogen and oxygen atoms in total. The number of para-hydroxylation sites is 1. The van der Waals surface area contributed by atoms with E-state index in [-0.39, 0.29) is 24.7 Å². The highest BCUT2D eigenvalue weighted by molar-refractivity contribution is 6.30. The Morgan fingerprint density at radius 3 is 2.76 bits per heavy atom. The number of carbonyl (C=O) groups excluding carboxylic acids is 1. The van der Waals surface area contributed by atoms with E-state index < -0.39 is 24.7 Å². The van der Waals surface area contributed by atoms with E-state index in [1.165, 1.54) is 17.0 Å². The molecule has 0 spiro atoms. The molecule has 1 amide bonds. The van der Waals surface area contributed by atoms with Crippen molar-refractivity contribution in [2.24, 2.45) is 7.05 Å². The highest BCUT2D eigenvalue weighted by atomic mass is 35.5. The van der Waals surface area contributed by atoms with E-state index in [1.54, 1.807) is 28.9 Å². The lowest BCUT2D eigenvalue weighted by Crippen LogP contribution is -2.41. The highest BCUT2D eigenvalue weighted by Crippen LogP contribution is 2.41. The second kappa shape index (κ2) is 10.1. The Bertz CT molecular complexity index is 1500. The van der Waals surface area contributed by atoms with Crippen LogP contribution in [0.15, 0.2) is 60.7 Å². The van der Waals surface area contributed by atoms with Crippen LogP contribution in [0.2, 0.25) is 5.02 Å². The Hall–Kier alpha value is -4.11. The molecular weight excluding hydrogens is 501 g/mol. The SMILES string of the molecule is Cn1nc(COC(=O)N2CCc3cc(F)ccc3[C@H]2c2cc(Cl)ccc2OCC(=O)O)c2ccccc21. The first-order valence-electron chi connectivity index (χ1n) is 11.6. The number of nitrogens with zero attached hydrogens (tertiary/aromatic N) is 3. The maximum absolute atomic E-state index is 14.0. The van der Waals surface area contributed by atoms with Crippen LogP contribution in [0.4, 0.5) is 9.18 Å². The summed E-state index contributed by atoms with van der Waals surface area (Å²) in [5.41, 5.74) is 3.42. The van der Waals surface area contributed by atoms with E-state index in [9.17, 15) is 14.0 Å². The summed E-state index contributed by atoms with van der Waals surface area (Å²) in [5.74, 6) is -1.28. The van der Waals surface area contributed by atoms with Gasteiger partial charge < -0.3 is 14.6 Å². The van der Waals surface area contributed by atoms with Crippen molar-refractivity contribution in [1.82, 2.24) is 14.7 Å². The lowest BCUT2D eigenvalue weighted by atomic mass is 9.88. The Morgan fingerprint density at radius 1 is 1.14 bits per heavy atom. The van der Waals surface area contributed by atoms with Crippen LogP contribution in [-0.2, 0) is 29.6 Å². The summed E-state index contributed by atoms with van der Waals surface area (Å²) in [5, 5.41) is 14.9. The zero-order valence-corrected chi connectivity index (χ0v) is 20.6. The van der Waals surface area contributed by atoms with Gasteiger partial charge in [-0.25, -0.2) is 14.0 Å². The zero-order valence-electron chi connectivity index (χ0n) is 19.9. The van der Waals surface area contributed by atoms with E-state index in [0.717, 1.165) is 16.5 Å². The van der Waals surface area contributed by atoms with Crippen molar-refractivity contribution in [3.63, 3.8) is 0 Å². The minimum Gasteiger partial charge on any atom is -0.482 e. The predicted octanol–water partition coefficient (Wildman–Crippen LogP) is 5.11. The summed E-state index contributed by atoms with van der Waals surface area (Å²) >= 11 is 6.30. The maximum atomic E-state index is 14.0. The molecule has 0 radical (unpaired) electrons. The highest BCUT2D eigenvalue weighted by Gasteiger charge is 2.35. The Kier molecular flexibility index (Phi) is 6.71. The largest absolute Gasteiger partial charge is 0.482 e. The fourth-order valence-corrected chi connectivity index (χ4v) is 4.92. The van der Waals surface area contributed by atoms with Gasteiger partial charge in [-0.1, -0.05) is 35.9 Å². The summed E-state index contributed by atoms with van der Waals surface area (Å²) in [6.07, 6.45) is -0.184. The van der Waals surface area contributed by atoms with Gasteiger partial charge in [-0.2, -0.15) is 5.10 Å².